The highest BCUT2D eigenvalue weighted by Gasteiger charge is 2.33. The van der Waals surface area contributed by atoms with Crippen LogP contribution in [0.4, 0.5) is 4.79 Å². The molecule has 124 valence electrons. The number of carbonyl (C=O) groups excluding carboxylic acids is 2. The van der Waals surface area contributed by atoms with E-state index in [0.717, 1.165) is 11.1 Å². The second-order valence-electron chi connectivity index (χ2n) is 5.52. The fraction of sp³-hybridized carbons (Fsp3) is 0.400. The molecule has 0 radical (unpaired) electrons. The Balaban J connectivity index is 2.28. The zero-order chi connectivity index (χ0) is 17.1. The number of hydrogen-bond acceptors (Lipinski definition) is 4. The van der Waals surface area contributed by atoms with Crippen molar-refractivity contribution in [3.05, 3.63) is 35.4 Å². The van der Waals surface area contributed by atoms with Gasteiger partial charge in [0, 0.05) is 0 Å². The molecule has 2 rings (SSSR count). The lowest BCUT2D eigenvalue weighted by Crippen LogP contribution is -2.59. The summed E-state index contributed by atoms with van der Waals surface area (Å²) in [5, 5.41) is 13.7. The number of carbonyl (C=O) groups is 3. The van der Waals surface area contributed by atoms with Gasteiger partial charge in [0.25, 0.3) is 5.91 Å². The quantitative estimate of drug-likeness (QED) is 0.739. The van der Waals surface area contributed by atoms with E-state index in [9.17, 15) is 14.4 Å². The molecule has 0 saturated carbocycles. The van der Waals surface area contributed by atoms with Gasteiger partial charge in [0.1, 0.15) is 6.04 Å². The number of nitrogens with two attached hydrogens (primary N) is 1. The highest BCUT2D eigenvalue weighted by molar-refractivity contribution is 5.86. The lowest BCUT2D eigenvalue weighted by molar-refractivity contribution is -0.149. The Morgan fingerprint density at radius 1 is 1.13 bits per heavy atom. The first-order valence-electron chi connectivity index (χ1n) is 7.25. The van der Waals surface area contributed by atoms with Crippen molar-refractivity contribution in [3.63, 3.8) is 0 Å². The number of urea groups is 1. The van der Waals surface area contributed by atoms with Crippen molar-refractivity contribution in [1.82, 2.24) is 15.3 Å². The molecule has 0 saturated heterocycles. The van der Waals surface area contributed by atoms with E-state index in [1.807, 2.05) is 24.3 Å². The lowest BCUT2D eigenvalue weighted by atomic mass is 10.0. The number of carboxylic acids is 1. The third-order valence-corrected chi connectivity index (χ3v) is 3.64. The summed E-state index contributed by atoms with van der Waals surface area (Å²) in [5.74, 6) is -1.56. The standard InChI is InChI=1S/C15H20N4O4/c1-9(16)13(20)18-7-11-5-3-4-6-12(11)8-19(18)15(23)17-10(2)14(21)22/h3-6,9-10H,7-8,16H2,1-2H3,(H,17,23)(H,21,22)/t9-,10-/m0/s1. The Morgan fingerprint density at radius 3 is 2.13 bits per heavy atom. The van der Waals surface area contributed by atoms with E-state index in [4.69, 9.17) is 10.8 Å². The zero-order valence-electron chi connectivity index (χ0n) is 13.0. The summed E-state index contributed by atoms with van der Waals surface area (Å²) in [6, 6.07) is 4.96. The fourth-order valence-electron chi connectivity index (χ4n) is 2.29. The zero-order valence-corrected chi connectivity index (χ0v) is 13.0. The van der Waals surface area contributed by atoms with Crippen LogP contribution >= 0.6 is 0 Å². The number of rotatable bonds is 3. The molecule has 2 atom stereocenters. The van der Waals surface area contributed by atoms with Gasteiger partial charge in [-0.25, -0.2) is 14.8 Å². The molecule has 1 aliphatic rings. The highest BCUT2D eigenvalue weighted by Crippen LogP contribution is 2.23. The summed E-state index contributed by atoms with van der Waals surface area (Å²) in [5.41, 5.74) is 7.48. The first kappa shape index (κ1) is 16.8. The van der Waals surface area contributed by atoms with Crippen molar-refractivity contribution in [2.75, 3.05) is 0 Å². The molecule has 0 spiro atoms. The van der Waals surface area contributed by atoms with Crippen LogP contribution in [0.1, 0.15) is 25.0 Å². The Kier molecular flexibility index (Phi) is 4.85. The van der Waals surface area contributed by atoms with Crippen molar-refractivity contribution in [2.45, 2.75) is 39.0 Å². The largest absolute Gasteiger partial charge is 0.480 e. The molecule has 1 heterocycles. The SMILES string of the molecule is C[C@H](N)C(=O)N1Cc2ccccc2CN1C(=O)N[C@@H](C)C(=O)O. The summed E-state index contributed by atoms with van der Waals surface area (Å²) >= 11 is 0. The van der Waals surface area contributed by atoms with Crippen LogP contribution in [0.25, 0.3) is 0 Å². The second kappa shape index (κ2) is 6.66. The van der Waals surface area contributed by atoms with Gasteiger partial charge in [-0.15, -0.1) is 0 Å². The van der Waals surface area contributed by atoms with E-state index >= 15 is 0 Å². The van der Waals surface area contributed by atoms with Gasteiger partial charge in [-0.2, -0.15) is 0 Å². The highest BCUT2D eigenvalue weighted by atomic mass is 16.4. The minimum Gasteiger partial charge on any atom is -0.480 e. The third kappa shape index (κ3) is 3.59. The van der Waals surface area contributed by atoms with Crippen molar-refractivity contribution >= 4 is 17.9 Å². The van der Waals surface area contributed by atoms with Gasteiger partial charge >= 0.3 is 12.0 Å². The Bertz CT molecular complexity index is 632. The van der Waals surface area contributed by atoms with Crippen LogP contribution < -0.4 is 11.1 Å². The maximum Gasteiger partial charge on any atom is 0.337 e. The van der Waals surface area contributed by atoms with E-state index in [-0.39, 0.29) is 13.1 Å². The molecule has 0 aliphatic carbocycles. The smallest absolute Gasteiger partial charge is 0.337 e. The molecule has 0 aromatic heterocycles. The number of hydrogen-bond donors (Lipinski definition) is 3. The molecule has 0 bridgehead atoms. The van der Waals surface area contributed by atoms with Crippen LogP contribution in [0, 0.1) is 0 Å². The Hall–Kier alpha value is -2.61. The number of nitrogens with zero attached hydrogens (tertiary/aromatic N) is 2. The molecule has 4 N–H and O–H groups in total. The molecule has 1 aromatic rings. The normalized spacial score (nSPS) is 16.3. The number of benzene rings is 1. The first-order valence-corrected chi connectivity index (χ1v) is 7.25. The minimum atomic E-state index is -1.15. The molecular formula is C15H20N4O4. The predicted molar refractivity (Wildman–Crippen MR) is 81.8 cm³/mol. The van der Waals surface area contributed by atoms with Gasteiger partial charge in [0.2, 0.25) is 0 Å². The minimum absolute atomic E-state index is 0.173. The molecule has 1 aromatic carbocycles. The van der Waals surface area contributed by atoms with Crippen molar-refractivity contribution in [1.29, 1.82) is 0 Å². The van der Waals surface area contributed by atoms with E-state index in [1.165, 1.54) is 16.9 Å². The van der Waals surface area contributed by atoms with Crippen molar-refractivity contribution in [3.8, 4) is 0 Å². The molecular weight excluding hydrogens is 300 g/mol. The summed E-state index contributed by atoms with van der Waals surface area (Å²) in [6.07, 6.45) is 0. The first-order chi connectivity index (χ1) is 10.8. The van der Waals surface area contributed by atoms with E-state index < -0.39 is 30.0 Å². The van der Waals surface area contributed by atoms with Gasteiger partial charge in [-0.1, -0.05) is 24.3 Å². The van der Waals surface area contributed by atoms with Crippen LogP contribution in [0.2, 0.25) is 0 Å². The molecule has 8 heteroatoms. The Morgan fingerprint density at radius 2 is 1.65 bits per heavy atom. The molecule has 0 unspecified atom stereocenters. The number of nitrogens with one attached hydrogen (secondary N) is 1. The number of carboxylic acid groups (broad SMARTS) is 1. The van der Waals surface area contributed by atoms with Crippen LogP contribution in [0.5, 0.6) is 0 Å². The second-order valence-corrected chi connectivity index (χ2v) is 5.52. The van der Waals surface area contributed by atoms with Gasteiger partial charge in [-0.05, 0) is 25.0 Å². The molecule has 23 heavy (non-hydrogen) atoms. The molecule has 3 amide bonds. The number of hydrazine groups is 1. The average molecular weight is 320 g/mol. The van der Waals surface area contributed by atoms with Crippen LogP contribution in [0.3, 0.4) is 0 Å². The van der Waals surface area contributed by atoms with Crippen LogP contribution in [-0.4, -0.2) is 45.1 Å². The van der Waals surface area contributed by atoms with E-state index in [0.29, 0.717) is 0 Å². The number of amides is 3. The van der Waals surface area contributed by atoms with Gasteiger partial charge in [0.15, 0.2) is 0 Å². The van der Waals surface area contributed by atoms with Crippen molar-refractivity contribution < 1.29 is 19.5 Å². The summed E-state index contributed by atoms with van der Waals surface area (Å²) < 4.78 is 0. The lowest BCUT2D eigenvalue weighted by Gasteiger charge is -2.40. The molecule has 8 nitrogen and oxygen atoms in total. The predicted octanol–water partition coefficient (Wildman–Crippen LogP) is 0.276. The fourth-order valence-corrected chi connectivity index (χ4v) is 2.29. The Labute approximate surface area is 133 Å². The van der Waals surface area contributed by atoms with Crippen LogP contribution in [0.15, 0.2) is 24.3 Å². The number of aliphatic carboxylic acids is 1. The molecule has 0 fully saturated rings. The maximum absolute atomic E-state index is 12.4. The number of fused-ring (bicyclic) bond motifs is 1. The summed E-state index contributed by atoms with van der Waals surface area (Å²) in [7, 11) is 0. The van der Waals surface area contributed by atoms with Gasteiger partial charge in [0.05, 0.1) is 19.1 Å². The van der Waals surface area contributed by atoms with E-state index in [2.05, 4.69) is 5.32 Å². The van der Waals surface area contributed by atoms with E-state index in [1.54, 1.807) is 6.92 Å². The van der Waals surface area contributed by atoms with Gasteiger partial charge < -0.3 is 16.2 Å². The third-order valence-electron chi connectivity index (χ3n) is 3.64. The van der Waals surface area contributed by atoms with Crippen molar-refractivity contribution in [2.24, 2.45) is 5.73 Å². The summed E-state index contributed by atoms with van der Waals surface area (Å²) in [4.78, 5) is 35.6. The topological polar surface area (TPSA) is 116 Å². The maximum atomic E-state index is 12.4. The van der Waals surface area contributed by atoms with Crippen LogP contribution in [-0.2, 0) is 22.7 Å². The molecule has 1 aliphatic heterocycles. The monoisotopic (exact) mass is 320 g/mol. The summed E-state index contributed by atoms with van der Waals surface area (Å²) in [6.45, 7) is 3.28. The average Bonchev–Trinajstić information content (AvgIpc) is 2.52. The van der Waals surface area contributed by atoms with Gasteiger partial charge in [-0.3, -0.25) is 9.59 Å².